The smallest absolute Gasteiger partial charge is 0.0843 e. The van der Waals surface area contributed by atoms with Crippen LogP contribution in [0.3, 0.4) is 0 Å². The Hall–Kier alpha value is -0.110. The third-order valence-corrected chi connectivity index (χ3v) is 1.79. The van der Waals surface area contributed by atoms with Gasteiger partial charge in [-0.25, -0.2) is 0 Å². The summed E-state index contributed by atoms with van der Waals surface area (Å²) in [5.74, 6) is 0. The molecule has 0 N–H and O–H groups in total. The van der Waals surface area contributed by atoms with E-state index in [4.69, 9.17) is 35.4 Å². The summed E-state index contributed by atoms with van der Waals surface area (Å²) in [5, 5.41) is 0.731. The molecule has 0 radical (unpaired) electrons. The summed E-state index contributed by atoms with van der Waals surface area (Å²) in [6, 6.07) is 7.48. The molecule has 0 saturated heterocycles. The molecule has 0 heterocycles. The van der Waals surface area contributed by atoms with E-state index in [0.717, 1.165) is 10.6 Å². The predicted molar refractivity (Wildman–Crippen MR) is 53.6 cm³/mol. The molecule has 1 aromatic rings. The van der Waals surface area contributed by atoms with Crippen molar-refractivity contribution in [1.29, 1.82) is 0 Å². The standard InChI is InChI=1S/C8H6Cl2S/c9-7-3-1-6(2-4-7)5-8(10)11/h1-4H,5H2. The third kappa shape index (κ3) is 3.19. The molecule has 3 heteroatoms. The Labute approximate surface area is 81.1 Å². The van der Waals surface area contributed by atoms with Gasteiger partial charge in [-0.3, -0.25) is 0 Å². The second kappa shape index (κ2) is 4.05. The fraction of sp³-hybridized carbons (Fsp3) is 0.125. The van der Waals surface area contributed by atoms with Crippen LogP contribution in [0.25, 0.3) is 0 Å². The van der Waals surface area contributed by atoms with Crippen LogP contribution >= 0.6 is 35.4 Å². The van der Waals surface area contributed by atoms with Crippen LogP contribution in [0.1, 0.15) is 5.56 Å². The molecular formula is C8H6Cl2S. The van der Waals surface area contributed by atoms with E-state index in [0.29, 0.717) is 10.7 Å². The molecule has 0 aliphatic heterocycles. The zero-order chi connectivity index (χ0) is 8.27. The minimum absolute atomic E-state index is 0.479. The Morgan fingerprint density at radius 3 is 2.27 bits per heavy atom. The van der Waals surface area contributed by atoms with Crippen molar-refractivity contribution in [2.75, 3.05) is 0 Å². The van der Waals surface area contributed by atoms with Gasteiger partial charge in [0.1, 0.15) is 0 Å². The Morgan fingerprint density at radius 1 is 1.27 bits per heavy atom. The average molecular weight is 205 g/mol. The number of hydrogen-bond acceptors (Lipinski definition) is 1. The number of halogens is 2. The minimum atomic E-state index is 0.479. The summed E-state index contributed by atoms with van der Waals surface area (Å²) >= 11 is 16.0. The predicted octanol–water partition coefficient (Wildman–Crippen LogP) is 3.45. The maximum atomic E-state index is 5.68. The second-order valence-electron chi connectivity index (χ2n) is 2.16. The van der Waals surface area contributed by atoms with Crippen molar-refractivity contribution in [3.8, 4) is 0 Å². The van der Waals surface area contributed by atoms with E-state index in [1.165, 1.54) is 0 Å². The van der Waals surface area contributed by atoms with E-state index in [9.17, 15) is 0 Å². The van der Waals surface area contributed by atoms with Gasteiger partial charge >= 0.3 is 0 Å². The summed E-state index contributed by atoms with van der Waals surface area (Å²) < 4.78 is 0.479. The van der Waals surface area contributed by atoms with Crippen LogP contribution in [-0.4, -0.2) is 4.32 Å². The van der Waals surface area contributed by atoms with Crippen LogP contribution in [0.15, 0.2) is 24.3 Å². The number of benzene rings is 1. The van der Waals surface area contributed by atoms with E-state index in [1.54, 1.807) is 0 Å². The summed E-state index contributed by atoms with van der Waals surface area (Å²) in [4.78, 5) is 0. The molecule has 58 valence electrons. The molecule has 0 atom stereocenters. The topological polar surface area (TPSA) is 0 Å². The number of thiocarbonyl (C=S) groups is 1. The molecule has 11 heavy (non-hydrogen) atoms. The first-order valence-corrected chi connectivity index (χ1v) is 4.27. The van der Waals surface area contributed by atoms with E-state index in [-0.39, 0.29) is 0 Å². The molecular weight excluding hydrogens is 199 g/mol. The van der Waals surface area contributed by atoms with Crippen molar-refractivity contribution in [1.82, 2.24) is 0 Å². The van der Waals surface area contributed by atoms with E-state index in [2.05, 4.69) is 0 Å². The molecule has 0 unspecified atom stereocenters. The molecule has 0 aromatic heterocycles. The SMILES string of the molecule is S=C(Cl)Cc1ccc(Cl)cc1. The molecule has 0 fully saturated rings. The van der Waals surface area contributed by atoms with Gasteiger partial charge < -0.3 is 0 Å². The van der Waals surface area contributed by atoms with Gasteiger partial charge in [-0.2, -0.15) is 0 Å². The lowest BCUT2D eigenvalue weighted by atomic mass is 10.2. The van der Waals surface area contributed by atoms with Gasteiger partial charge in [0.2, 0.25) is 0 Å². The van der Waals surface area contributed by atoms with Gasteiger partial charge in [0, 0.05) is 11.4 Å². The molecule has 0 amide bonds. The second-order valence-corrected chi connectivity index (χ2v) is 3.77. The molecule has 1 rings (SSSR count). The fourth-order valence-corrected chi connectivity index (χ4v) is 1.21. The fourth-order valence-electron chi connectivity index (χ4n) is 0.763. The lowest BCUT2D eigenvalue weighted by Crippen LogP contribution is -1.89. The van der Waals surface area contributed by atoms with Crippen LogP contribution in [0.2, 0.25) is 5.02 Å². The van der Waals surface area contributed by atoms with Gasteiger partial charge in [0.25, 0.3) is 0 Å². The molecule has 0 nitrogen and oxygen atoms in total. The van der Waals surface area contributed by atoms with Crippen molar-refractivity contribution >= 4 is 39.7 Å². The van der Waals surface area contributed by atoms with Crippen molar-refractivity contribution in [3.63, 3.8) is 0 Å². The van der Waals surface area contributed by atoms with Gasteiger partial charge in [-0.1, -0.05) is 47.6 Å². The summed E-state index contributed by atoms with van der Waals surface area (Å²) in [6.45, 7) is 0. The highest BCUT2D eigenvalue weighted by atomic mass is 35.5. The van der Waals surface area contributed by atoms with Crippen molar-refractivity contribution in [2.45, 2.75) is 6.42 Å². The van der Waals surface area contributed by atoms with Crippen LogP contribution < -0.4 is 0 Å². The Kier molecular flexibility index (Phi) is 3.31. The lowest BCUT2D eigenvalue weighted by Gasteiger charge is -1.96. The van der Waals surface area contributed by atoms with Crippen LogP contribution in [0, 0.1) is 0 Å². The van der Waals surface area contributed by atoms with Crippen molar-refractivity contribution in [2.24, 2.45) is 0 Å². The highest BCUT2D eigenvalue weighted by molar-refractivity contribution is 7.83. The largest absolute Gasteiger partial charge is 0.0852 e. The van der Waals surface area contributed by atoms with E-state index < -0.39 is 0 Å². The molecule has 0 spiro atoms. The molecule has 0 aliphatic rings. The monoisotopic (exact) mass is 204 g/mol. The zero-order valence-corrected chi connectivity index (χ0v) is 8.01. The van der Waals surface area contributed by atoms with Crippen LogP contribution in [-0.2, 0) is 6.42 Å². The van der Waals surface area contributed by atoms with Gasteiger partial charge in [0.05, 0.1) is 4.32 Å². The Balaban J connectivity index is 2.74. The first-order valence-electron chi connectivity index (χ1n) is 3.11. The quantitative estimate of drug-likeness (QED) is 0.526. The first-order chi connectivity index (χ1) is 5.18. The Bertz CT molecular complexity index is 253. The Morgan fingerprint density at radius 2 is 1.82 bits per heavy atom. The minimum Gasteiger partial charge on any atom is -0.0843 e. The third-order valence-electron chi connectivity index (χ3n) is 1.26. The van der Waals surface area contributed by atoms with Crippen LogP contribution in [0.5, 0.6) is 0 Å². The summed E-state index contributed by atoms with van der Waals surface area (Å²) in [7, 11) is 0. The zero-order valence-electron chi connectivity index (χ0n) is 5.68. The van der Waals surface area contributed by atoms with Gasteiger partial charge in [0.15, 0.2) is 0 Å². The molecule has 0 aliphatic carbocycles. The number of rotatable bonds is 2. The van der Waals surface area contributed by atoms with Gasteiger partial charge in [-0.05, 0) is 17.7 Å². The van der Waals surface area contributed by atoms with E-state index in [1.807, 2.05) is 24.3 Å². The molecule has 0 saturated carbocycles. The molecule has 0 bridgehead atoms. The highest BCUT2D eigenvalue weighted by Gasteiger charge is 1.94. The summed E-state index contributed by atoms with van der Waals surface area (Å²) in [5.41, 5.74) is 1.09. The average Bonchev–Trinajstić information content (AvgIpc) is 1.93. The van der Waals surface area contributed by atoms with Crippen molar-refractivity contribution < 1.29 is 0 Å². The summed E-state index contributed by atoms with van der Waals surface area (Å²) in [6.07, 6.45) is 0.633. The maximum absolute atomic E-state index is 5.68. The first kappa shape index (κ1) is 8.98. The molecule has 1 aromatic carbocycles. The highest BCUT2D eigenvalue weighted by Crippen LogP contribution is 2.10. The lowest BCUT2D eigenvalue weighted by molar-refractivity contribution is 1.37. The van der Waals surface area contributed by atoms with E-state index >= 15 is 0 Å². The van der Waals surface area contributed by atoms with Crippen molar-refractivity contribution in [3.05, 3.63) is 34.9 Å². The van der Waals surface area contributed by atoms with Gasteiger partial charge in [-0.15, -0.1) is 0 Å². The van der Waals surface area contributed by atoms with Crippen LogP contribution in [0.4, 0.5) is 0 Å². The number of hydrogen-bond donors (Lipinski definition) is 0. The normalized spacial score (nSPS) is 9.64. The maximum Gasteiger partial charge on any atom is 0.0852 e.